The van der Waals surface area contributed by atoms with Gasteiger partial charge in [0.25, 0.3) is 0 Å². The lowest BCUT2D eigenvalue weighted by Gasteiger charge is -2.15. The summed E-state index contributed by atoms with van der Waals surface area (Å²) >= 11 is 0. The standard InChI is InChI=1S/C19H32N2O9/c1-13(22)3-5-16(19(27)28)21-17(24)6-4-14(18(25)26)11-15(23)12-30-10-9-29-8-7-20-2/h14,16,20H,3-12H2,1-2H3,(H,21,24)(H,25,26)(H,27,28)/t14-,16+/m1/s1. The molecule has 0 saturated heterocycles. The van der Waals surface area contributed by atoms with Crippen LogP contribution >= 0.6 is 0 Å². The van der Waals surface area contributed by atoms with E-state index in [1.807, 2.05) is 0 Å². The topological polar surface area (TPSA) is 168 Å². The van der Waals surface area contributed by atoms with Crippen LogP contribution in [0.3, 0.4) is 0 Å². The van der Waals surface area contributed by atoms with E-state index in [2.05, 4.69) is 10.6 Å². The first kappa shape index (κ1) is 27.6. The largest absolute Gasteiger partial charge is 0.481 e. The monoisotopic (exact) mass is 432 g/mol. The van der Waals surface area contributed by atoms with Gasteiger partial charge in [-0.1, -0.05) is 0 Å². The van der Waals surface area contributed by atoms with Crippen LogP contribution in [0.5, 0.6) is 0 Å². The number of carbonyl (C=O) groups is 5. The maximum atomic E-state index is 12.0. The van der Waals surface area contributed by atoms with Gasteiger partial charge in [-0.25, -0.2) is 4.79 Å². The first-order valence-corrected chi connectivity index (χ1v) is 9.73. The van der Waals surface area contributed by atoms with Gasteiger partial charge in [0.05, 0.1) is 25.7 Å². The minimum absolute atomic E-state index is 0.00400. The van der Waals surface area contributed by atoms with Crippen LogP contribution in [0, 0.1) is 5.92 Å². The molecule has 30 heavy (non-hydrogen) atoms. The van der Waals surface area contributed by atoms with Crippen molar-refractivity contribution >= 4 is 29.4 Å². The lowest BCUT2D eigenvalue weighted by Crippen LogP contribution is -2.41. The molecule has 172 valence electrons. The van der Waals surface area contributed by atoms with Crippen LogP contribution in [0.1, 0.15) is 39.0 Å². The number of carboxylic acids is 2. The van der Waals surface area contributed by atoms with Crippen LogP contribution in [-0.2, 0) is 33.4 Å². The molecule has 0 bridgehead atoms. The Labute approximate surface area is 175 Å². The zero-order valence-corrected chi connectivity index (χ0v) is 17.5. The smallest absolute Gasteiger partial charge is 0.326 e. The number of likely N-dealkylation sites (N-methyl/N-ethyl adjacent to an activating group) is 1. The summed E-state index contributed by atoms with van der Waals surface area (Å²) in [6, 6.07) is -1.23. The van der Waals surface area contributed by atoms with E-state index < -0.39 is 35.6 Å². The number of nitrogens with one attached hydrogen (secondary N) is 2. The lowest BCUT2D eigenvalue weighted by molar-refractivity contribution is -0.145. The predicted octanol–water partition coefficient (Wildman–Crippen LogP) is -0.382. The van der Waals surface area contributed by atoms with E-state index in [1.165, 1.54) is 6.92 Å². The average Bonchev–Trinajstić information content (AvgIpc) is 2.66. The fourth-order valence-electron chi connectivity index (χ4n) is 2.40. The maximum absolute atomic E-state index is 12.0. The van der Waals surface area contributed by atoms with Crippen molar-refractivity contribution in [2.45, 2.75) is 45.1 Å². The molecule has 0 heterocycles. The van der Waals surface area contributed by atoms with E-state index in [0.29, 0.717) is 19.8 Å². The minimum atomic E-state index is -1.28. The van der Waals surface area contributed by atoms with E-state index in [1.54, 1.807) is 7.05 Å². The molecule has 0 radical (unpaired) electrons. The number of carboxylic acid groups (broad SMARTS) is 2. The second-order valence-electron chi connectivity index (χ2n) is 6.78. The average molecular weight is 432 g/mol. The van der Waals surface area contributed by atoms with E-state index in [9.17, 15) is 29.1 Å². The molecule has 0 aromatic rings. The quantitative estimate of drug-likeness (QED) is 0.197. The molecule has 0 fully saturated rings. The Bertz CT molecular complexity index is 580. The van der Waals surface area contributed by atoms with Crippen LogP contribution in [0.4, 0.5) is 0 Å². The number of ketones is 2. The normalized spacial score (nSPS) is 12.7. The van der Waals surface area contributed by atoms with Gasteiger partial charge in [0.15, 0.2) is 5.78 Å². The molecule has 0 aromatic carbocycles. The number of rotatable bonds is 19. The molecule has 0 aliphatic carbocycles. The number of aliphatic carboxylic acids is 2. The molecule has 0 aliphatic rings. The van der Waals surface area contributed by atoms with Gasteiger partial charge in [0.2, 0.25) is 5.91 Å². The van der Waals surface area contributed by atoms with Crippen LogP contribution in [0.15, 0.2) is 0 Å². The van der Waals surface area contributed by atoms with Gasteiger partial charge in [-0.05, 0) is 26.8 Å². The summed E-state index contributed by atoms with van der Waals surface area (Å²) in [5, 5.41) is 23.5. The fraction of sp³-hybridized carbons (Fsp3) is 0.737. The van der Waals surface area contributed by atoms with Gasteiger partial charge in [-0.3, -0.25) is 14.4 Å². The van der Waals surface area contributed by atoms with Gasteiger partial charge in [0, 0.05) is 25.8 Å². The van der Waals surface area contributed by atoms with Crippen molar-refractivity contribution in [3.63, 3.8) is 0 Å². The minimum Gasteiger partial charge on any atom is -0.481 e. The summed E-state index contributed by atoms with van der Waals surface area (Å²) in [7, 11) is 1.79. The second-order valence-corrected chi connectivity index (χ2v) is 6.78. The Morgan fingerprint density at radius 2 is 1.57 bits per heavy atom. The number of hydrogen-bond donors (Lipinski definition) is 4. The third-order valence-electron chi connectivity index (χ3n) is 4.09. The Kier molecular flexibility index (Phi) is 15.1. The molecule has 0 unspecified atom stereocenters. The molecule has 2 atom stereocenters. The number of ether oxygens (including phenoxy) is 2. The molecule has 11 nitrogen and oxygen atoms in total. The number of carbonyl (C=O) groups excluding carboxylic acids is 3. The Balaban J connectivity index is 4.30. The van der Waals surface area contributed by atoms with E-state index >= 15 is 0 Å². The summed E-state index contributed by atoms with van der Waals surface area (Å²) in [5.74, 6) is -4.85. The summed E-state index contributed by atoms with van der Waals surface area (Å²) in [5.41, 5.74) is 0. The van der Waals surface area contributed by atoms with Gasteiger partial charge >= 0.3 is 11.9 Å². The highest BCUT2D eigenvalue weighted by Gasteiger charge is 2.24. The summed E-state index contributed by atoms with van der Waals surface area (Å²) in [6.07, 6.45) is -0.722. The first-order chi connectivity index (χ1) is 14.2. The first-order valence-electron chi connectivity index (χ1n) is 9.73. The molecule has 0 spiro atoms. The van der Waals surface area contributed by atoms with Crippen molar-refractivity contribution in [3.8, 4) is 0 Å². The van der Waals surface area contributed by atoms with Crippen molar-refractivity contribution in [3.05, 3.63) is 0 Å². The molecule has 0 rings (SSSR count). The highest BCUT2D eigenvalue weighted by molar-refractivity contribution is 5.86. The summed E-state index contributed by atoms with van der Waals surface area (Å²) < 4.78 is 10.4. The van der Waals surface area contributed by atoms with Crippen molar-refractivity contribution < 1.29 is 43.7 Å². The third-order valence-corrected chi connectivity index (χ3v) is 4.09. The van der Waals surface area contributed by atoms with Gasteiger partial charge < -0.3 is 35.1 Å². The highest BCUT2D eigenvalue weighted by Crippen LogP contribution is 2.13. The molecular formula is C19H32N2O9. The van der Waals surface area contributed by atoms with Crippen molar-refractivity contribution in [1.29, 1.82) is 0 Å². The van der Waals surface area contributed by atoms with E-state index in [-0.39, 0.29) is 51.1 Å². The van der Waals surface area contributed by atoms with Crippen LogP contribution in [0.2, 0.25) is 0 Å². The van der Waals surface area contributed by atoms with Crippen LogP contribution in [-0.4, -0.2) is 85.7 Å². The molecule has 4 N–H and O–H groups in total. The van der Waals surface area contributed by atoms with Crippen molar-refractivity contribution in [2.75, 3.05) is 40.0 Å². The third kappa shape index (κ3) is 14.6. The zero-order valence-electron chi connectivity index (χ0n) is 17.5. The van der Waals surface area contributed by atoms with Crippen LogP contribution < -0.4 is 10.6 Å². The number of Topliss-reactive ketones (excluding diaryl/α,β-unsaturated/α-hetero) is 2. The SMILES string of the molecule is CNCCOCCOCC(=O)C[C@@H](CCC(=O)N[C@@H](CCC(C)=O)C(=O)O)C(=O)O. The predicted molar refractivity (Wildman–Crippen MR) is 105 cm³/mol. The van der Waals surface area contributed by atoms with E-state index in [4.69, 9.17) is 14.6 Å². The maximum Gasteiger partial charge on any atom is 0.326 e. The summed E-state index contributed by atoms with van der Waals surface area (Å²) in [6.45, 7) is 2.77. The summed E-state index contributed by atoms with van der Waals surface area (Å²) in [4.78, 5) is 57.3. The molecule has 0 saturated carbocycles. The lowest BCUT2D eigenvalue weighted by atomic mass is 9.97. The number of hydrogen-bond acceptors (Lipinski definition) is 8. The van der Waals surface area contributed by atoms with Gasteiger partial charge in [0.1, 0.15) is 18.4 Å². The van der Waals surface area contributed by atoms with Gasteiger partial charge in [-0.15, -0.1) is 0 Å². The molecule has 0 aromatic heterocycles. The van der Waals surface area contributed by atoms with E-state index in [0.717, 1.165) is 0 Å². The molecule has 1 amide bonds. The Morgan fingerprint density at radius 3 is 2.13 bits per heavy atom. The van der Waals surface area contributed by atoms with Gasteiger partial charge in [-0.2, -0.15) is 0 Å². The number of amides is 1. The highest BCUT2D eigenvalue weighted by atomic mass is 16.5. The van der Waals surface area contributed by atoms with Crippen molar-refractivity contribution in [1.82, 2.24) is 10.6 Å². The Morgan fingerprint density at radius 1 is 0.900 bits per heavy atom. The Hall–Kier alpha value is -2.37. The molecule has 11 heteroatoms. The van der Waals surface area contributed by atoms with Crippen molar-refractivity contribution in [2.24, 2.45) is 5.92 Å². The molecular weight excluding hydrogens is 400 g/mol. The second kappa shape index (κ2) is 16.4. The van der Waals surface area contributed by atoms with Crippen LogP contribution in [0.25, 0.3) is 0 Å². The fourth-order valence-corrected chi connectivity index (χ4v) is 2.40. The zero-order chi connectivity index (χ0) is 22.9. The molecule has 0 aliphatic heterocycles.